The Labute approximate surface area is 58.6 Å². The number of hydrogen-bond acceptors (Lipinski definition) is 2. The van der Waals surface area contributed by atoms with Gasteiger partial charge in [-0.1, -0.05) is 0 Å². The number of hydrogen-bond donors (Lipinski definition) is 1. The molecule has 0 N–H and O–H groups in total. The van der Waals surface area contributed by atoms with E-state index in [4.69, 9.17) is 4.43 Å². The predicted octanol–water partition coefficient (Wildman–Crippen LogP) is 1.31. The molecule has 0 aromatic carbocycles. The van der Waals surface area contributed by atoms with E-state index in [1.54, 1.807) is 7.11 Å². The van der Waals surface area contributed by atoms with Crippen molar-refractivity contribution in [3.05, 3.63) is 0 Å². The molecule has 8 heavy (non-hydrogen) atoms. The van der Waals surface area contributed by atoms with Gasteiger partial charge in [-0.15, -0.1) is 0 Å². The SMILES string of the molecule is CO[SiH](C)CCCS. The highest BCUT2D eigenvalue weighted by atomic mass is 32.1. The quantitative estimate of drug-likeness (QED) is 0.469. The first-order valence-corrected chi connectivity index (χ1v) is 6.02. The lowest BCUT2D eigenvalue weighted by Gasteiger charge is -2.03. The fourth-order valence-electron chi connectivity index (χ4n) is 0.497. The van der Waals surface area contributed by atoms with Crippen LogP contribution in [-0.4, -0.2) is 21.9 Å². The molecule has 1 nitrogen and oxygen atoms in total. The Morgan fingerprint density at radius 1 is 1.62 bits per heavy atom. The zero-order valence-electron chi connectivity index (χ0n) is 5.55. The van der Waals surface area contributed by atoms with Crippen LogP contribution in [0.2, 0.25) is 12.6 Å². The van der Waals surface area contributed by atoms with E-state index in [9.17, 15) is 0 Å². The molecule has 0 radical (unpaired) electrons. The highest BCUT2D eigenvalue weighted by molar-refractivity contribution is 7.80. The van der Waals surface area contributed by atoms with Gasteiger partial charge in [-0.2, -0.15) is 12.6 Å². The molecule has 0 aliphatic rings. The van der Waals surface area contributed by atoms with E-state index in [1.807, 2.05) is 0 Å². The summed E-state index contributed by atoms with van der Waals surface area (Å²) in [6, 6.07) is 1.26. The molecule has 0 aromatic rings. The molecular weight excluding hydrogens is 136 g/mol. The van der Waals surface area contributed by atoms with Gasteiger partial charge >= 0.3 is 0 Å². The molecule has 0 fully saturated rings. The van der Waals surface area contributed by atoms with Crippen molar-refractivity contribution in [3.8, 4) is 0 Å². The van der Waals surface area contributed by atoms with Gasteiger partial charge in [0, 0.05) is 7.11 Å². The van der Waals surface area contributed by atoms with Crippen LogP contribution in [0, 0.1) is 0 Å². The van der Waals surface area contributed by atoms with Crippen LogP contribution in [0.25, 0.3) is 0 Å². The third-order valence-electron chi connectivity index (χ3n) is 1.17. The van der Waals surface area contributed by atoms with Crippen molar-refractivity contribution >= 4 is 21.7 Å². The first-order chi connectivity index (χ1) is 3.81. The second-order valence-electron chi connectivity index (χ2n) is 1.91. The monoisotopic (exact) mass is 150 g/mol. The van der Waals surface area contributed by atoms with Crippen molar-refractivity contribution in [2.75, 3.05) is 12.9 Å². The summed E-state index contributed by atoms with van der Waals surface area (Å²) < 4.78 is 5.16. The normalized spacial score (nSPS) is 13.9. The van der Waals surface area contributed by atoms with Crippen molar-refractivity contribution in [1.29, 1.82) is 0 Å². The van der Waals surface area contributed by atoms with Gasteiger partial charge in [-0.3, -0.25) is 0 Å². The van der Waals surface area contributed by atoms with Gasteiger partial charge in [0.15, 0.2) is 9.04 Å². The third kappa shape index (κ3) is 4.68. The highest BCUT2D eigenvalue weighted by Gasteiger charge is 1.98. The van der Waals surface area contributed by atoms with Crippen molar-refractivity contribution in [1.82, 2.24) is 0 Å². The Morgan fingerprint density at radius 2 is 2.25 bits per heavy atom. The summed E-state index contributed by atoms with van der Waals surface area (Å²) in [5.41, 5.74) is 0. The minimum atomic E-state index is -0.748. The molecule has 0 heterocycles. The van der Waals surface area contributed by atoms with Gasteiger partial charge < -0.3 is 4.43 Å². The van der Waals surface area contributed by atoms with Gasteiger partial charge in [0.2, 0.25) is 0 Å². The van der Waals surface area contributed by atoms with Crippen molar-refractivity contribution in [2.24, 2.45) is 0 Å². The summed E-state index contributed by atoms with van der Waals surface area (Å²) in [6.07, 6.45) is 1.21. The van der Waals surface area contributed by atoms with Gasteiger partial charge in [0.1, 0.15) is 0 Å². The first-order valence-electron chi connectivity index (χ1n) is 2.95. The topological polar surface area (TPSA) is 9.23 Å². The smallest absolute Gasteiger partial charge is 0.173 e. The maximum Gasteiger partial charge on any atom is 0.173 e. The maximum absolute atomic E-state index is 5.16. The van der Waals surface area contributed by atoms with E-state index in [-0.39, 0.29) is 0 Å². The zero-order chi connectivity index (χ0) is 6.41. The van der Waals surface area contributed by atoms with Crippen LogP contribution in [0.3, 0.4) is 0 Å². The van der Waals surface area contributed by atoms with Crippen LogP contribution < -0.4 is 0 Å². The molecule has 0 amide bonds. The average Bonchev–Trinajstić information content (AvgIpc) is 1.83. The molecule has 1 unspecified atom stereocenters. The summed E-state index contributed by atoms with van der Waals surface area (Å²) in [5, 5.41) is 0. The largest absolute Gasteiger partial charge is 0.423 e. The number of thiol groups is 1. The zero-order valence-corrected chi connectivity index (χ0v) is 7.60. The van der Waals surface area contributed by atoms with Gasteiger partial charge in [0.05, 0.1) is 0 Å². The Bertz CT molecular complexity index is 51.7. The molecule has 0 rings (SSSR count). The molecule has 0 spiro atoms. The molecule has 50 valence electrons. The van der Waals surface area contributed by atoms with Crippen LogP contribution in [0.15, 0.2) is 0 Å². The number of rotatable bonds is 4. The lowest BCUT2D eigenvalue weighted by molar-refractivity contribution is 0.423. The molecule has 1 atom stereocenters. The lowest BCUT2D eigenvalue weighted by atomic mass is 10.6. The highest BCUT2D eigenvalue weighted by Crippen LogP contribution is 1.98. The fraction of sp³-hybridized carbons (Fsp3) is 1.00. The van der Waals surface area contributed by atoms with Crippen molar-refractivity contribution in [3.63, 3.8) is 0 Å². The minimum Gasteiger partial charge on any atom is -0.423 e. The molecule has 0 saturated heterocycles. The minimum absolute atomic E-state index is 0.748. The second kappa shape index (κ2) is 5.66. The Kier molecular flexibility index (Phi) is 6.03. The maximum atomic E-state index is 5.16. The van der Waals surface area contributed by atoms with E-state index >= 15 is 0 Å². The molecular formula is C5H14OSSi. The first kappa shape index (κ1) is 8.53. The summed E-state index contributed by atoms with van der Waals surface area (Å²) in [6.45, 7) is 2.21. The summed E-state index contributed by atoms with van der Waals surface area (Å²) in [5.74, 6) is 1.00. The van der Waals surface area contributed by atoms with Gasteiger partial charge in [-0.25, -0.2) is 0 Å². The Morgan fingerprint density at radius 3 is 2.62 bits per heavy atom. The van der Waals surface area contributed by atoms with E-state index < -0.39 is 9.04 Å². The fourth-order valence-corrected chi connectivity index (χ4v) is 2.04. The standard InChI is InChI=1S/C5H14OSSi/c1-6-8(2)5-3-4-7/h7-8H,3-5H2,1-2H3. The van der Waals surface area contributed by atoms with Crippen molar-refractivity contribution < 1.29 is 4.43 Å². The molecule has 0 aliphatic carbocycles. The van der Waals surface area contributed by atoms with Crippen LogP contribution in [0.1, 0.15) is 6.42 Å². The van der Waals surface area contributed by atoms with E-state index in [0.717, 1.165) is 5.75 Å². The van der Waals surface area contributed by atoms with Gasteiger partial charge in [0.25, 0.3) is 0 Å². The van der Waals surface area contributed by atoms with E-state index in [1.165, 1.54) is 12.5 Å². The molecule has 0 bridgehead atoms. The lowest BCUT2D eigenvalue weighted by Crippen LogP contribution is -2.09. The second-order valence-corrected chi connectivity index (χ2v) is 5.03. The van der Waals surface area contributed by atoms with E-state index in [0.29, 0.717) is 0 Å². The molecule has 0 aromatic heterocycles. The Balaban J connectivity index is 2.86. The van der Waals surface area contributed by atoms with Crippen LogP contribution in [0.5, 0.6) is 0 Å². The van der Waals surface area contributed by atoms with Crippen LogP contribution in [-0.2, 0) is 4.43 Å². The van der Waals surface area contributed by atoms with E-state index in [2.05, 4.69) is 19.2 Å². The summed E-state index contributed by atoms with van der Waals surface area (Å²) in [4.78, 5) is 0. The van der Waals surface area contributed by atoms with Crippen molar-refractivity contribution in [2.45, 2.75) is 19.0 Å². The molecule has 0 saturated carbocycles. The Hall–Kier alpha value is 0.527. The molecule has 0 aliphatic heterocycles. The van der Waals surface area contributed by atoms with Gasteiger partial charge in [-0.05, 0) is 24.8 Å². The van der Waals surface area contributed by atoms with Crippen LogP contribution in [0.4, 0.5) is 0 Å². The third-order valence-corrected chi connectivity index (χ3v) is 3.51. The van der Waals surface area contributed by atoms with Crippen LogP contribution >= 0.6 is 12.6 Å². The summed E-state index contributed by atoms with van der Waals surface area (Å²) >= 11 is 4.10. The summed E-state index contributed by atoms with van der Waals surface area (Å²) in [7, 11) is 1.05. The average molecular weight is 150 g/mol. The predicted molar refractivity (Wildman–Crippen MR) is 43.3 cm³/mol. The molecule has 3 heteroatoms.